The van der Waals surface area contributed by atoms with Crippen LogP contribution in [0.1, 0.15) is 22.8 Å². The van der Waals surface area contributed by atoms with Crippen molar-refractivity contribution >= 4 is 17.6 Å². The lowest BCUT2D eigenvalue weighted by atomic mass is 10.0. The molecule has 94 valence electrons. The maximum atomic E-state index is 11.8. The first-order valence-electron chi connectivity index (χ1n) is 5.60. The molecule has 5 heteroatoms. The zero-order chi connectivity index (χ0) is 13.1. The van der Waals surface area contributed by atoms with Crippen molar-refractivity contribution in [2.75, 3.05) is 6.61 Å². The number of hydrogen-bond acceptors (Lipinski definition) is 3. The molecule has 0 unspecified atom stereocenters. The van der Waals surface area contributed by atoms with Gasteiger partial charge in [-0.25, -0.2) is 4.79 Å². The van der Waals surface area contributed by atoms with Gasteiger partial charge in [-0.15, -0.1) is 0 Å². The summed E-state index contributed by atoms with van der Waals surface area (Å²) in [6.07, 6.45) is 1.47. The van der Waals surface area contributed by atoms with Crippen molar-refractivity contribution in [3.8, 4) is 11.3 Å². The summed E-state index contributed by atoms with van der Waals surface area (Å²) in [6.45, 7) is 4.04. The van der Waals surface area contributed by atoms with Crippen molar-refractivity contribution in [2.24, 2.45) is 0 Å². The van der Waals surface area contributed by atoms with Gasteiger partial charge in [0.25, 0.3) is 0 Å². The van der Waals surface area contributed by atoms with Gasteiger partial charge in [0.1, 0.15) is 5.56 Å². The van der Waals surface area contributed by atoms with E-state index in [1.165, 1.54) is 6.20 Å². The Morgan fingerprint density at radius 3 is 3.00 bits per heavy atom. The number of rotatable bonds is 3. The molecule has 0 atom stereocenters. The average Bonchev–Trinajstić information content (AvgIpc) is 2.81. The first-order chi connectivity index (χ1) is 8.63. The van der Waals surface area contributed by atoms with Crippen LogP contribution >= 0.6 is 11.6 Å². The Labute approximate surface area is 110 Å². The lowest BCUT2D eigenvalue weighted by Gasteiger charge is -2.06. The number of aryl methyl sites for hydroxylation is 1. The maximum Gasteiger partial charge on any atom is 0.341 e. The highest BCUT2D eigenvalue weighted by Gasteiger charge is 2.17. The average molecular weight is 265 g/mol. The van der Waals surface area contributed by atoms with Crippen LogP contribution in [0.2, 0.25) is 5.02 Å². The van der Waals surface area contributed by atoms with E-state index in [0.717, 1.165) is 11.1 Å². The van der Waals surface area contributed by atoms with Crippen LogP contribution in [0.15, 0.2) is 24.4 Å². The molecule has 0 saturated carbocycles. The van der Waals surface area contributed by atoms with E-state index in [-0.39, 0.29) is 5.97 Å². The number of aromatic amines is 1. The van der Waals surface area contributed by atoms with Crippen LogP contribution in [0, 0.1) is 6.92 Å². The van der Waals surface area contributed by atoms with Gasteiger partial charge in [0, 0.05) is 10.6 Å². The highest BCUT2D eigenvalue weighted by molar-refractivity contribution is 6.30. The summed E-state index contributed by atoms with van der Waals surface area (Å²) in [7, 11) is 0. The lowest BCUT2D eigenvalue weighted by molar-refractivity contribution is 0.0527. The van der Waals surface area contributed by atoms with Gasteiger partial charge in [-0.2, -0.15) is 5.10 Å². The molecule has 0 amide bonds. The Bertz CT molecular complexity index is 578. The first kappa shape index (κ1) is 12.6. The largest absolute Gasteiger partial charge is 0.462 e. The van der Waals surface area contributed by atoms with Crippen LogP contribution in [0.5, 0.6) is 0 Å². The molecule has 1 aromatic heterocycles. The van der Waals surface area contributed by atoms with Gasteiger partial charge in [0.05, 0.1) is 18.5 Å². The molecule has 1 heterocycles. The van der Waals surface area contributed by atoms with Crippen LogP contribution in [-0.2, 0) is 4.74 Å². The molecule has 1 N–H and O–H groups in total. The second kappa shape index (κ2) is 5.23. The van der Waals surface area contributed by atoms with Crippen molar-refractivity contribution in [1.29, 1.82) is 0 Å². The topological polar surface area (TPSA) is 55.0 Å². The molecule has 0 spiro atoms. The van der Waals surface area contributed by atoms with E-state index < -0.39 is 0 Å². The Balaban J connectivity index is 2.48. The molecule has 4 nitrogen and oxygen atoms in total. The molecule has 2 rings (SSSR count). The number of H-pyrrole nitrogens is 1. The molecule has 2 aromatic rings. The minimum atomic E-state index is -0.388. The van der Waals surface area contributed by atoms with Gasteiger partial charge in [0.15, 0.2) is 0 Å². The van der Waals surface area contributed by atoms with E-state index in [4.69, 9.17) is 16.3 Å². The van der Waals surface area contributed by atoms with Gasteiger partial charge in [-0.1, -0.05) is 17.7 Å². The summed E-state index contributed by atoms with van der Waals surface area (Å²) in [6, 6.07) is 5.50. The molecule has 1 aromatic carbocycles. The number of hydrogen-bond donors (Lipinski definition) is 1. The third kappa shape index (κ3) is 2.38. The highest BCUT2D eigenvalue weighted by Crippen LogP contribution is 2.27. The van der Waals surface area contributed by atoms with Crippen molar-refractivity contribution in [3.63, 3.8) is 0 Å². The summed E-state index contributed by atoms with van der Waals surface area (Å²) in [4.78, 5) is 11.8. The van der Waals surface area contributed by atoms with Crippen molar-refractivity contribution in [3.05, 3.63) is 40.5 Å². The minimum absolute atomic E-state index is 0.331. The van der Waals surface area contributed by atoms with E-state index in [2.05, 4.69) is 10.2 Å². The lowest BCUT2D eigenvalue weighted by Crippen LogP contribution is -2.05. The molecule has 0 aliphatic rings. The number of nitrogens with one attached hydrogen (secondary N) is 1. The monoisotopic (exact) mass is 264 g/mol. The predicted octanol–water partition coefficient (Wildman–Crippen LogP) is 3.22. The molecule has 18 heavy (non-hydrogen) atoms. The summed E-state index contributed by atoms with van der Waals surface area (Å²) >= 11 is 5.98. The van der Waals surface area contributed by atoms with E-state index >= 15 is 0 Å². The fraction of sp³-hybridized carbons (Fsp3) is 0.231. The number of carbonyl (C=O) groups excluding carboxylic acids is 1. The van der Waals surface area contributed by atoms with Crippen molar-refractivity contribution in [2.45, 2.75) is 13.8 Å². The number of carbonyl (C=O) groups is 1. The van der Waals surface area contributed by atoms with Gasteiger partial charge in [0.2, 0.25) is 0 Å². The van der Waals surface area contributed by atoms with Crippen LogP contribution in [0.25, 0.3) is 11.3 Å². The van der Waals surface area contributed by atoms with Crippen molar-refractivity contribution < 1.29 is 9.53 Å². The first-order valence-corrected chi connectivity index (χ1v) is 5.98. The predicted molar refractivity (Wildman–Crippen MR) is 69.7 cm³/mol. The molecule has 0 radical (unpaired) electrons. The Hall–Kier alpha value is -1.81. The summed E-state index contributed by atoms with van der Waals surface area (Å²) in [5.41, 5.74) is 2.91. The van der Waals surface area contributed by atoms with Gasteiger partial charge in [-0.3, -0.25) is 5.10 Å². The molecule has 0 aliphatic carbocycles. The van der Waals surface area contributed by atoms with Crippen molar-refractivity contribution in [1.82, 2.24) is 10.2 Å². The standard InChI is InChI=1S/C13H13ClN2O2/c1-3-18-13(17)11-7-15-16-12(11)10-6-9(14)5-4-8(10)2/h4-7H,3H2,1-2H3,(H,15,16). The SMILES string of the molecule is CCOC(=O)c1cn[nH]c1-c1cc(Cl)ccc1C. The Kier molecular flexibility index (Phi) is 3.67. The van der Waals surface area contributed by atoms with Crippen LogP contribution in [-0.4, -0.2) is 22.8 Å². The molecule has 0 bridgehead atoms. The summed E-state index contributed by atoms with van der Waals surface area (Å²) < 4.78 is 4.99. The highest BCUT2D eigenvalue weighted by atomic mass is 35.5. The number of aromatic nitrogens is 2. The number of halogens is 1. The fourth-order valence-electron chi connectivity index (χ4n) is 1.72. The zero-order valence-corrected chi connectivity index (χ0v) is 10.9. The van der Waals surface area contributed by atoms with E-state index in [1.807, 2.05) is 13.0 Å². The normalized spacial score (nSPS) is 10.4. The number of esters is 1. The number of benzene rings is 1. The minimum Gasteiger partial charge on any atom is -0.462 e. The second-order valence-electron chi connectivity index (χ2n) is 3.84. The summed E-state index contributed by atoms with van der Waals surface area (Å²) in [5.74, 6) is -0.388. The van der Waals surface area contributed by atoms with Gasteiger partial charge < -0.3 is 4.74 Å². The van der Waals surface area contributed by atoms with Crippen LogP contribution in [0.4, 0.5) is 0 Å². The van der Waals surface area contributed by atoms with Gasteiger partial charge in [-0.05, 0) is 31.5 Å². The summed E-state index contributed by atoms with van der Waals surface area (Å²) in [5, 5.41) is 7.33. The Morgan fingerprint density at radius 2 is 2.28 bits per heavy atom. The van der Waals surface area contributed by atoms with Crippen LogP contribution in [0.3, 0.4) is 0 Å². The molecule has 0 fully saturated rings. The third-order valence-corrected chi connectivity index (χ3v) is 2.84. The van der Waals surface area contributed by atoms with E-state index in [9.17, 15) is 4.79 Å². The second-order valence-corrected chi connectivity index (χ2v) is 4.27. The maximum absolute atomic E-state index is 11.8. The molecular weight excluding hydrogens is 252 g/mol. The third-order valence-electron chi connectivity index (χ3n) is 2.60. The fourth-order valence-corrected chi connectivity index (χ4v) is 1.89. The number of ether oxygens (including phenoxy) is 1. The zero-order valence-electron chi connectivity index (χ0n) is 10.2. The molecule has 0 saturated heterocycles. The quantitative estimate of drug-likeness (QED) is 0.866. The number of nitrogens with zero attached hydrogens (tertiary/aromatic N) is 1. The van der Waals surface area contributed by atoms with E-state index in [0.29, 0.717) is 22.9 Å². The van der Waals surface area contributed by atoms with Crippen LogP contribution < -0.4 is 0 Å². The smallest absolute Gasteiger partial charge is 0.341 e. The Morgan fingerprint density at radius 1 is 1.50 bits per heavy atom. The molecule has 0 aliphatic heterocycles. The molecular formula is C13H13ClN2O2. The van der Waals surface area contributed by atoms with E-state index in [1.54, 1.807) is 19.1 Å². The van der Waals surface area contributed by atoms with Gasteiger partial charge >= 0.3 is 5.97 Å².